The molecule has 0 saturated heterocycles. The molecular weight excluding hydrogens is 559 g/mol. The molecule has 0 saturated carbocycles. The van der Waals surface area contributed by atoms with E-state index in [0.29, 0.717) is 10.1 Å². The molecule has 0 fully saturated rings. The topological polar surface area (TPSA) is 0 Å². The molecule has 0 spiro atoms. The Morgan fingerprint density at radius 2 is 0.514 bits per heavy atom. The van der Waals surface area contributed by atoms with Crippen LogP contribution in [0.1, 0.15) is 41.5 Å². The molecule has 0 atom stereocenters. The summed E-state index contributed by atoms with van der Waals surface area (Å²) in [5.41, 5.74) is 0. The average molecular weight is 598 g/mol. The van der Waals surface area contributed by atoms with Crippen molar-refractivity contribution in [2.24, 2.45) is 0 Å². The van der Waals surface area contributed by atoms with Crippen LogP contribution in [0.25, 0.3) is 0 Å². The van der Waals surface area contributed by atoms with E-state index in [-0.39, 0.29) is 23.9 Å². The number of rotatable bonds is 4. The summed E-state index contributed by atoms with van der Waals surface area (Å²) >= 11 is 0. The first-order valence-electron chi connectivity index (χ1n) is 12.1. The molecule has 0 aliphatic carbocycles. The third-order valence-corrected chi connectivity index (χ3v) is 12.4. The summed E-state index contributed by atoms with van der Waals surface area (Å²) in [4.78, 5) is 0. The van der Waals surface area contributed by atoms with Gasteiger partial charge in [0.15, 0.2) is 0 Å². The quantitative estimate of drug-likeness (QED) is 0.261. The first-order chi connectivity index (χ1) is 16.2. The van der Waals surface area contributed by atoms with Crippen molar-refractivity contribution in [3.63, 3.8) is 0 Å². The van der Waals surface area contributed by atoms with Gasteiger partial charge in [0.25, 0.3) is 0 Å². The predicted molar refractivity (Wildman–Crippen MR) is 161 cm³/mol. The van der Waals surface area contributed by atoms with Crippen LogP contribution in [0.2, 0.25) is 10.1 Å². The molecule has 0 amide bonds. The Morgan fingerprint density at radius 3 is 0.657 bits per heavy atom. The Morgan fingerprint density at radius 1 is 0.343 bits per heavy atom. The minimum atomic E-state index is -0.715. The van der Waals surface area contributed by atoms with Crippen molar-refractivity contribution in [2.45, 2.75) is 51.6 Å². The van der Waals surface area contributed by atoms with Crippen molar-refractivity contribution in [1.82, 2.24) is 0 Å². The predicted octanol–water partition coefficient (Wildman–Crippen LogP) is 5.81. The molecule has 0 heterocycles. The van der Waals surface area contributed by atoms with E-state index in [4.69, 9.17) is 0 Å². The van der Waals surface area contributed by atoms with Gasteiger partial charge in [0, 0.05) is 23.9 Å². The first-order valence-corrected chi connectivity index (χ1v) is 15.1. The monoisotopic (exact) mass is 598 g/mol. The first kappa shape index (κ1) is 29.3. The summed E-state index contributed by atoms with van der Waals surface area (Å²) in [6.07, 6.45) is 0. The summed E-state index contributed by atoms with van der Waals surface area (Å²) in [6, 6.07) is 43.7. The summed E-state index contributed by atoms with van der Waals surface area (Å²) in [7, 11) is -1.43. The minimum Gasteiger partial charge on any atom is -0.0628 e. The van der Waals surface area contributed by atoms with Crippen molar-refractivity contribution < 1.29 is 0 Å². The van der Waals surface area contributed by atoms with E-state index in [1.807, 2.05) is 0 Å². The van der Waals surface area contributed by atoms with Gasteiger partial charge in [-0.25, -0.2) is 0 Å². The van der Waals surface area contributed by atoms with Crippen molar-refractivity contribution in [2.75, 3.05) is 0 Å². The molecule has 0 bridgehead atoms. The van der Waals surface area contributed by atoms with Gasteiger partial charge < -0.3 is 0 Å². The molecule has 178 valence electrons. The molecule has 0 aliphatic rings. The SMILES string of the molecule is CC(C)(C)[Si](c1ccccc1)c1ccccc1.CC(C)(C)[Si](c1ccccc1)c1ccccc1.[Sn]. The van der Waals surface area contributed by atoms with Crippen LogP contribution in [0, 0.1) is 0 Å². The summed E-state index contributed by atoms with van der Waals surface area (Å²) in [5, 5.41) is 6.64. The third-order valence-electron chi connectivity index (χ3n) is 5.75. The maximum absolute atomic E-state index is 2.35. The molecule has 4 rings (SSSR count). The van der Waals surface area contributed by atoms with E-state index in [1.165, 1.54) is 20.7 Å². The van der Waals surface area contributed by atoms with Crippen LogP contribution in [0.5, 0.6) is 0 Å². The molecule has 0 N–H and O–H groups in total. The fourth-order valence-corrected chi connectivity index (χ4v) is 10.7. The van der Waals surface area contributed by atoms with Crippen LogP contribution in [-0.2, 0) is 0 Å². The van der Waals surface area contributed by atoms with Crippen LogP contribution in [0.3, 0.4) is 0 Å². The molecule has 6 radical (unpaired) electrons. The van der Waals surface area contributed by atoms with Crippen LogP contribution < -0.4 is 20.7 Å². The van der Waals surface area contributed by atoms with Gasteiger partial charge in [-0.15, -0.1) is 0 Å². The van der Waals surface area contributed by atoms with Gasteiger partial charge in [-0.05, 0) is 10.1 Å². The van der Waals surface area contributed by atoms with E-state index < -0.39 is 17.6 Å². The van der Waals surface area contributed by atoms with Crippen molar-refractivity contribution >= 4 is 62.2 Å². The van der Waals surface area contributed by atoms with Gasteiger partial charge in [0.1, 0.15) is 17.6 Å². The van der Waals surface area contributed by atoms with E-state index in [0.717, 1.165) is 0 Å². The molecular formula is C32H38Si2Sn. The minimum absolute atomic E-state index is 0. The third kappa shape index (κ3) is 8.62. The van der Waals surface area contributed by atoms with Crippen molar-refractivity contribution in [3.05, 3.63) is 121 Å². The van der Waals surface area contributed by atoms with Crippen LogP contribution in [-0.4, -0.2) is 41.5 Å². The standard InChI is InChI=1S/2C16H19Si.Sn/c2*1-16(2,3)17(14-10-6-4-7-11-14)15-12-8-5-9-13-15;/h2*4-13H,1-3H3;. The molecule has 0 aliphatic heterocycles. The Balaban J connectivity index is 0.000000240. The second-order valence-electron chi connectivity index (χ2n) is 10.7. The number of hydrogen-bond donors (Lipinski definition) is 0. The second kappa shape index (κ2) is 13.4. The average Bonchev–Trinajstić information content (AvgIpc) is 2.81. The molecule has 4 aromatic carbocycles. The number of benzene rings is 4. The molecule has 3 heteroatoms. The zero-order valence-corrected chi connectivity index (χ0v) is 26.9. The Labute approximate surface area is 234 Å². The maximum Gasteiger partial charge on any atom is 0.126 e. The van der Waals surface area contributed by atoms with E-state index in [2.05, 4.69) is 163 Å². The van der Waals surface area contributed by atoms with Gasteiger partial charge in [-0.2, -0.15) is 0 Å². The molecule has 4 aromatic rings. The van der Waals surface area contributed by atoms with Gasteiger partial charge in [-0.1, -0.05) is 184 Å². The van der Waals surface area contributed by atoms with Gasteiger partial charge in [0.2, 0.25) is 0 Å². The fraction of sp³-hybridized carbons (Fsp3) is 0.250. The van der Waals surface area contributed by atoms with Gasteiger partial charge in [0.05, 0.1) is 0 Å². The van der Waals surface area contributed by atoms with E-state index in [9.17, 15) is 0 Å². The zero-order chi connectivity index (χ0) is 24.6. The molecule has 0 unspecified atom stereocenters. The smallest absolute Gasteiger partial charge is 0.0628 e. The van der Waals surface area contributed by atoms with Crippen molar-refractivity contribution in [1.29, 1.82) is 0 Å². The van der Waals surface area contributed by atoms with Crippen molar-refractivity contribution in [3.8, 4) is 0 Å². The largest absolute Gasteiger partial charge is 0.126 e. The number of hydrogen-bond acceptors (Lipinski definition) is 0. The summed E-state index contributed by atoms with van der Waals surface area (Å²) in [6.45, 7) is 14.1. The van der Waals surface area contributed by atoms with E-state index in [1.54, 1.807) is 0 Å². The molecule has 35 heavy (non-hydrogen) atoms. The van der Waals surface area contributed by atoms with Crippen LogP contribution in [0.15, 0.2) is 121 Å². The van der Waals surface area contributed by atoms with Gasteiger partial charge >= 0.3 is 0 Å². The van der Waals surface area contributed by atoms with Crippen LogP contribution in [0.4, 0.5) is 0 Å². The Hall–Kier alpha value is -1.89. The summed E-state index contributed by atoms with van der Waals surface area (Å²) in [5.74, 6) is 0. The van der Waals surface area contributed by atoms with Gasteiger partial charge in [-0.3, -0.25) is 0 Å². The zero-order valence-electron chi connectivity index (χ0n) is 22.0. The second-order valence-corrected chi connectivity index (χ2v) is 17.5. The summed E-state index contributed by atoms with van der Waals surface area (Å²) < 4.78 is 0. The molecule has 0 nitrogen and oxygen atoms in total. The molecule has 0 aromatic heterocycles. The maximum atomic E-state index is 2.35. The normalized spacial score (nSPS) is 11.4. The van der Waals surface area contributed by atoms with E-state index >= 15 is 0 Å². The Bertz CT molecular complexity index is 928. The fourth-order valence-electron chi connectivity index (χ4n) is 4.48. The van der Waals surface area contributed by atoms with Crippen LogP contribution >= 0.6 is 0 Å². The Kier molecular flexibility index (Phi) is 11.3.